The maximum absolute atomic E-state index is 12.7. The molecule has 1 aromatic carbocycles. The van der Waals surface area contributed by atoms with Crippen LogP contribution in [-0.4, -0.2) is 46.9 Å². The summed E-state index contributed by atoms with van der Waals surface area (Å²) in [7, 11) is -1.30. The van der Waals surface area contributed by atoms with Gasteiger partial charge in [0.05, 0.1) is 19.8 Å². The lowest BCUT2D eigenvalue weighted by Gasteiger charge is -2.16. The Morgan fingerprint density at radius 1 is 1.26 bits per heavy atom. The third-order valence-corrected chi connectivity index (χ3v) is 6.33. The minimum atomic E-state index is -3.89. The molecule has 1 aromatic heterocycles. The van der Waals surface area contributed by atoms with Crippen molar-refractivity contribution in [1.29, 1.82) is 0 Å². The maximum Gasteiger partial charge on any atom is 0.337 e. The average Bonchev–Trinajstić information content (AvgIpc) is 3.20. The molecule has 1 atom stereocenters. The number of ether oxygens (including phenoxy) is 2. The van der Waals surface area contributed by atoms with Gasteiger partial charge in [0.15, 0.2) is 0 Å². The highest BCUT2D eigenvalue weighted by atomic mass is 32.2. The topological polar surface area (TPSA) is 102 Å². The first kappa shape index (κ1) is 21.4. The lowest BCUT2D eigenvalue weighted by atomic mass is 9.95. The van der Waals surface area contributed by atoms with Gasteiger partial charge in [-0.15, -0.1) is 0 Å². The van der Waals surface area contributed by atoms with Crippen molar-refractivity contribution in [2.75, 3.05) is 27.4 Å². The molecule has 2 N–H and O–H groups in total. The number of esters is 1. The number of thiophene rings is 1. The predicted molar refractivity (Wildman–Crippen MR) is 103 cm³/mol. The van der Waals surface area contributed by atoms with E-state index >= 15 is 0 Å². The first-order chi connectivity index (χ1) is 12.9. The summed E-state index contributed by atoms with van der Waals surface area (Å²) in [5, 5.41) is 13.2. The Bertz CT molecular complexity index is 849. The number of sulfonamides is 1. The molecule has 2 rings (SSSR count). The fraction of sp³-hybridized carbons (Fsp3) is 0.389. The van der Waals surface area contributed by atoms with Crippen molar-refractivity contribution in [1.82, 2.24) is 4.72 Å². The van der Waals surface area contributed by atoms with Crippen LogP contribution in [0.15, 0.2) is 39.9 Å². The normalized spacial score (nSPS) is 12.6. The van der Waals surface area contributed by atoms with Crippen molar-refractivity contribution in [3.05, 3.63) is 46.2 Å². The summed E-state index contributed by atoms with van der Waals surface area (Å²) < 4.78 is 37.7. The van der Waals surface area contributed by atoms with E-state index in [1.54, 1.807) is 11.3 Å². The van der Waals surface area contributed by atoms with E-state index in [0.29, 0.717) is 12.8 Å². The smallest absolute Gasteiger partial charge is 0.337 e. The quantitative estimate of drug-likeness (QED) is 0.580. The molecule has 1 heterocycles. The minimum absolute atomic E-state index is 0.0300. The second-order valence-electron chi connectivity index (χ2n) is 5.81. The standard InChI is InChI=1S/C18H23NO6S2/c1-24-16-4-3-14(18(21)25-2)11-17(16)27(22,23)19-8-5-13(6-9-20)15-7-10-26-12-15/h3-4,7,10-13,19-20H,5-6,8-9H2,1-2H3/t13-/m0/s1. The number of methoxy groups -OCH3 is 2. The number of nitrogens with one attached hydrogen (secondary N) is 1. The molecule has 0 aliphatic heterocycles. The number of benzene rings is 1. The van der Waals surface area contributed by atoms with Crippen LogP contribution in [0.4, 0.5) is 0 Å². The lowest BCUT2D eigenvalue weighted by Crippen LogP contribution is -2.26. The Morgan fingerprint density at radius 3 is 2.63 bits per heavy atom. The van der Waals surface area contributed by atoms with Gasteiger partial charge >= 0.3 is 5.97 Å². The summed E-state index contributed by atoms with van der Waals surface area (Å²) in [6.07, 6.45) is 1.09. The molecule has 9 heteroatoms. The van der Waals surface area contributed by atoms with Gasteiger partial charge < -0.3 is 14.6 Å². The molecular weight excluding hydrogens is 390 g/mol. The number of rotatable bonds is 10. The van der Waals surface area contributed by atoms with Crippen molar-refractivity contribution >= 4 is 27.3 Å². The van der Waals surface area contributed by atoms with Crippen LogP contribution in [0.1, 0.15) is 34.7 Å². The van der Waals surface area contributed by atoms with E-state index in [0.717, 1.165) is 5.56 Å². The second-order valence-corrected chi connectivity index (χ2v) is 8.32. The number of carbonyl (C=O) groups is 1. The molecule has 0 unspecified atom stereocenters. The van der Waals surface area contributed by atoms with Crippen molar-refractivity contribution in [2.45, 2.75) is 23.7 Å². The minimum Gasteiger partial charge on any atom is -0.495 e. The number of carbonyl (C=O) groups excluding carboxylic acids is 1. The van der Waals surface area contributed by atoms with Crippen molar-refractivity contribution in [3.63, 3.8) is 0 Å². The Morgan fingerprint density at radius 2 is 2.04 bits per heavy atom. The zero-order valence-corrected chi connectivity index (χ0v) is 16.8. The van der Waals surface area contributed by atoms with Gasteiger partial charge in [-0.1, -0.05) is 0 Å². The van der Waals surface area contributed by atoms with Crippen LogP contribution in [0, 0.1) is 0 Å². The van der Waals surface area contributed by atoms with Gasteiger partial charge in [0.2, 0.25) is 10.0 Å². The molecule has 0 fully saturated rings. The van der Waals surface area contributed by atoms with Crippen molar-refractivity contribution in [3.8, 4) is 5.75 Å². The number of aliphatic hydroxyl groups is 1. The Kier molecular flexibility index (Phi) is 7.78. The maximum atomic E-state index is 12.7. The molecule has 0 radical (unpaired) electrons. The summed E-state index contributed by atoms with van der Waals surface area (Å²) in [5.41, 5.74) is 1.20. The van der Waals surface area contributed by atoms with Crippen LogP contribution in [0.5, 0.6) is 5.75 Å². The van der Waals surface area contributed by atoms with Crippen LogP contribution in [0.25, 0.3) is 0 Å². The molecule has 0 saturated carbocycles. The van der Waals surface area contributed by atoms with Gasteiger partial charge in [-0.25, -0.2) is 17.9 Å². The third-order valence-electron chi connectivity index (χ3n) is 4.15. The summed E-state index contributed by atoms with van der Waals surface area (Å²) >= 11 is 1.56. The molecule has 148 valence electrons. The molecule has 0 amide bonds. The molecule has 0 aliphatic rings. The molecule has 0 spiro atoms. The van der Waals surface area contributed by atoms with Crippen LogP contribution in [0.2, 0.25) is 0 Å². The molecule has 2 aromatic rings. The van der Waals surface area contributed by atoms with Crippen LogP contribution in [0.3, 0.4) is 0 Å². The summed E-state index contributed by atoms with van der Waals surface area (Å²) in [6, 6.07) is 6.07. The Labute approximate surface area is 163 Å². The monoisotopic (exact) mass is 413 g/mol. The van der Waals surface area contributed by atoms with E-state index in [-0.39, 0.29) is 35.3 Å². The molecule has 0 aliphatic carbocycles. The van der Waals surface area contributed by atoms with E-state index in [1.165, 1.54) is 32.4 Å². The SMILES string of the molecule is COC(=O)c1ccc(OC)c(S(=O)(=O)NCC[C@@H](CCO)c2ccsc2)c1. The highest BCUT2D eigenvalue weighted by Gasteiger charge is 2.22. The van der Waals surface area contributed by atoms with Crippen molar-refractivity contribution in [2.24, 2.45) is 0 Å². The summed E-state index contributed by atoms with van der Waals surface area (Å²) in [4.78, 5) is 11.6. The lowest BCUT2D eigenvalue weighted by molar-refractivity contribution is 0.0600. The number of hydrogen-bond donors (Lipinski definition) is 2. The number of hydrogen-bond acceptors (Lipinski definition) is 7. The van der Waals surface area contributed by atoms with Gasteiger partial charge in [-0.2, -0.15) is 11.3 Å². The highest BCUT2D eigenvalue weighted by Crippen LogP contribution is 2.27. The predicted octanol–water partition coefficient (Wildman–Crippen LogP) is 2.38. The van der Waals surface area contributed by atoms with Crippen molar-refractivity contribution < 1.29 is 27.8 Å². The second kappa shape index (κ2) is 9.84. The van der Waals surface area contributed by atoms with Gasteiger partial charge in [0.25, 0.3) is 0 Å². The fourth-order valence-corrected chi connectivity index (χ4v) is 4.70. The zero-order chi connectivity index (χ0) is 19.9. The van der Waals surface area contributed by atoms with Crippen LogP contribution in [-0.2, 0) is 14.8 Å². The van der Waals surface area contributed by atoms with E-state index in [2.05, 4.69) is 9.46 Å². The summed E-state index contributed by atoms with van der Waals surface area (Å²) in [5.74, 6) is -0.429. The van der Waals surface area contributed by atoms with E-state index < -0.39 is 16.0 Å². The molecule has 7 nitrogen and oxygen atoms in total. The van der Waals surface area contributed by atoms with E-state index in [4.69, 9.17) is 4.74 Å². The molecule has 27 heavy (non-hydrogen) atoms. The fourth-order valence-electron chi connectivity index (χ4n) is 2.72. The highest BCUT2D eigenvalue weighted by molar-refractivity contribution is 7.89. The van der Waals surface area contributed by atoms with Gasteiger partial charge in [0.1, 0.15) is 10.6 Å². The Hall–Kier alpha value is -1.94. The van der Waals surface area contributed by atoms with E-state index in [9.17, 15) is 18.3 Å². The Balaban J connectivity index is 2.14. The first-order valence-corrected chi connectivity index (χ1v) is 10.7. The first-order valence-electron chi connectivity index (χ1n) is 8.32. The van der Waals surface area contributed by atoms with E-state index in [1.807, 2.05) is 16.8 Å². The van der Waals surface area contributed by atoms with Gasteiger partial charge in [-0.3, -0.25) is 0 Å². The largest absolute Gasteiger partial charge is 0.495 e. The van der Waals surface area contributed by atoms with Gasteiger partial charge in [0, 0.05) is 13.2 Å². The molecule has 0 bridgehead atoms. The number of aliphatic hydroxyl groups excluding tert-OH is 1. The third kappa shape index (κ3) is 5.52. The van der Waals surface area contributed by atoms with Crippen LogP contribution < -0.4 is 9.46 Å². The van der Waals surface area contributed by atoms with Gasteiger partial charge in [-0.05, 0) is 59.3 Å². The molecule has 0 saturated heterocycles. The van der Waals surface area contributed by atoms with Crippen LogP contribution >= 0.6 is 11.3 Å². The summed E-state index contributed by atoms with van der Waals surface area (Å²) in [6.45, 7) is 0.219. The average molecular weight is 414 g/mol. The molecular formula is C18H23NO6S2. The zero-order valence-electron chi connectivity index (χ0n) is 15.2.